The average Bonchev–Trinajstić information content (AvgIpc) is 3.12. The van der Waals surface area contributed by atoms with E-state index in [2.05, 4.69) is 28.8 Å². The molecule has 5 nitrogen and oxygen atoms in total. The van der Waals surface area contributed by atoms with E-state index in [9.17, 15) is 4.79 Å². The van der Waals surface area contributed by atoms with Crippen LogP contribution in [0.4, 0.5) is 10.5 Å². The van der Waals surface area contributed by atoms with Gasteiger partial charge in [-0.15, -0.1) is 0 Å². The van der Waals surface area contributed by atoms with Crippen molar-refractivity contribution in [1.29, 1.82) is 0 Å². The first-order valence-corrected chi connectivity index (χ1v) is 8.99. The lowest BCUT2D eigenvalue weighted by Crippen LogP contribution is -2.30. The van der Waals surface area contributed by atoms with E-state index in [0.717, 1.165) is 22.4 Å². The summed E-state index contributed by atoms with van der Waals surface area (Å²) in [5, 5.41) is 5.70. The first kappa shape index (κ1) is 19.2. The van der Waals surface area contributed by atoms with Gasteiger partial charge in [-0.05, 0) is 61.4 Å². The van der Waals surface area contributed by atoms with Gasteiger partial charge in [0.15, 0.2) is 0 Å². The summed E-state index contributed by atoms with van der Waals surface area (Å²) in [6.45, 7) is 11.3. The number of hydrogen-bond acceptors (Lipinski definition) is 3. The third kappa shape index (κ3) is 4.38. The van der Waals surface area contributed by atoms with Crippen LogP contribution in [0.2, 0.25) is 0 Å². The number of pyridine rings is 1. The van der Waals surface area contributed by atoms with Crippen molar-refractivity contribution in [2.45, 2.75) is 19.9 Å². The minimum Gasteiger partial charge on any atom is -0.459 e. The van der Waals surface area contributed by atoms with Gasteiger partial charge in [0.2, 0.25) is 0 Å². The molecule has 0 saturated heterocycles. The third-order valence-corrected chi connectivity index (χ3v) is 4.36. The van der Waals surface area contributed by atoms with Crippen molar-refractivity contribution in [3.8, 4) is 11.1 Å². The van der Waals surface area contributed by atoms with E-state index < -0.39 is 0 Å². The lowest BCUT2D eigenvalue weighted by molar-refractivity contribution is 0.247. The van der Waals surface area contributed by atoms with E-state index in [1.54, 1.807) is 18.3 Å². The SMILES string of the molecule is C=Cc1cc(C(C)NC(=O)Nc2ccc(-c3ccnc(C)c3)cc2)oc1C=C. The van der Waals surface area contributed by atoms with Gasteiger partial charge in [0.25, 0.3) is 0 Å². The number of carbonyl (C=O) groups is 1. The molecule has 0 spiro atoms. The van der Waals surface area contributed by atoms with Crippen LogP contribution in [-0.4, -0.2) is 11.0 Å². The van der Waals surface area contributed by atoms with Gasteiger partial charge in [0, 0.05) is 23.1 Å². The van der Waals surface area contributed by atoms with Crippen LogP contribution in [0.25, 0.3) is 23.3 Å². The van der Waals surface area contributed by atoms with Gasteiger partial charge in [0.1, 0.15) is 11.5 Å². The predicted octanol–water partition coefficient (Wildman–Crippen LogP) is 5.82. The molecule has 0 aliphatic rings. The van der Waals surface area contributed by atoms with Gasteiger partial charge in [-0.1, -0.05) is 31.4 Å². The molecule has 0 fully saturated rings. The summed E-state index contributed by atoms with van der Waals surface area (Å²) in [5.41, 5.74) is 4.67. The van der Waals surface area contributed by atoms with Crippen LogP contribution < -0.4 is 10.6 Å². The normalized spacial score (nSPS) is 11.5. The van der Waals surface area contributed by atoms with Gasteiger partial charge in [0.05, 0.1) is 6.04 Å². The van der Waals surface area contributed by atoms with Crippen LogP contribution in [-0.2, 0) is 0 Å². The first-order chi connectivity index (χ1) is 13.5. The third-order valence-electron chi connectivity index (χ3n) is 4.36. The molecular formula is C23H23N3O2. The molecule has 2 amide bonds. The Hall–Kier alpha value is -3.60. The summed E-state index contributed by atoms with van der Waals surface area (Å²) in [6, 6.07) is 12.9. The molecule has 0 aliphatic carbocycles. The van der Waals surface area contributed by atoms with E-state index in [0.29, 0.717) is 17.2 Å². The average molecular weight is 373 g/mol. The molecular weight excluding hydrogens is 350 g/mol. The standard InChI is InChI=1S/C23H23N3O2/c1-5-17-14-22(28-21(17)6-2)16(4)25-23(27)26-20-9-7-18(8-10-20)19-11-12-24-15(3)13-19/h5-14,16H,1-2H2,3-4H3,(H2,25,26,27). The van der Waals surface area contributed by atoms with Crippen molar-refractivity contribution < 1.29 is 9.21 Å². The van der Waals surface area contributed by atoms with Crippen molar-refractivity contribution in [2.75, 3.05) is 5.32 Å². The van der Waals surface area contributed by atoms with Crippen LogP contribution in [0.1, 0.15) is 35.7 Å². The highest BCUT2D eigenvalue weighted by Gasteiger charge is 2.15. The lowest BCUT2D eigenvalue weighted by Gasteiger charge is -2.13. The molecule has 0 saturated carbocycles. The zero-order chi connectivity index (χ0) is 20.1. The van der Waals surface area contributed by atoms with Crippen LogP contribution in [0, 0.1) is 6.92 Å². The summed E-state index contributed by atoms with van der Waals surface area (Å²) >= 11 is 0. The zero-order valence-electron chi connectivity index (χ0n) is 16.0. The molecule has 0 radical (unpaired) electrons. The highest BCUT2D eigenvalue weighted by atomic mass is 16.3. The highest BCUT2D eigenvalue weighted by Crippen LogP contribution is 2.24. The van der Waals surface area contributed by atoms with Gasteiger partial charge in [-0.2, -0.15) is 0 Å². The number of aromatic nitrogens is 1. The number of urea groups is 1. The minimum absolute atomic E-state index is 0.300. The molecule has 142 valence electrons. The van der Waals surface area contributed by atoms with E-state index in [1.165, 1.54) is 0 Å². The number of aryl methyl sites for hydroxylation is 1. The van der Waals surface area contributed by atoms with Crippen molar-refractivity contribution in [2.24, 2.45) is 0 Å². The second-order valence-electron chi connectivity index (χ2n) is 6.46. The van der Waals surface area contributed by atoms with Gasteiger partial charge < -0.3 is 15.1 Å². The molecule has 5 heteroatoms. The number of carbonyl (C=O) groups excluding carboxylic acids is 1. The van der Waals surface area contributed by atoms with Crippen molar-refractivity contribution in [3.05, 3.63) is 84.6 Å². The van der Waals surface area contributed by atoms with E-state index in [1.807, 2.05) is 56.3 Å². The molecule has 28 heavy (non-hydrogen) atoms. The predicted molar refractivity (Wildman–Crippen MR) is 114 cm³/mol. The molecule has 1 unspecified atom stereocenters. The molecule has 3 aromatic rings. The topological polar surface area (TPSA) is 67.2 Å². The summed E-state index contributed by atoms with van der Waals surface area (Å²) in [7, 11) is 0. The zero-order valence-corrected chi connectivity index (χ0v) is 16.0. The largest absolute Gasteiger partial charge is 0.459 e. The molecule has 2 heterocycles. The molecule has 1 aromatic carbocycles. The maximum Gasteiger partial charge on any atom is 0.319 e. The smallest absolute Gasteiger partial charge is 0.319 e. The van der Waals surface area contributed by atoms with Gasteiger partial charge in [-0.25, -0.2) is 4.79 Å². The van der Waals surface area contributed by atoms with Crippen molar-refractivity contribution in [1.82, 2.24) is 10.3 Å². The Morgan fingerprint density at radius 2 is 1.86 bits per heavy atom. The molecule has 0 bridgehead atoms. The van der Waals surface area contributed by atoms with E-state index in [4.69, 9.17) is 4.42 Å². The Morgan fingerprint density at radius 1 is 1.11 bits per heavy atom. The van der Waals surface area contributed by atoms with Crippen molar-refractivity contribution in [3.63, 3.8) is 0 Å². The number of nitrogens with zero attached hydrogens (tertiary/aromatic N) is 1. The number of furan rings is 1. The summed E-state index contributed by atoms with van der Waals surface area (Å²) < 4.78 is 5.71. The number of anilines is 1. The van der Waals surface area contributed by atoms with E-state index in [-0.39, 0.29) is 12.1 Å². The summed E-state index contributed by atoms with van der Waals surface area (Å²) in [4.78, 5) is 16.5. The molecule has 1 atom stereocenters. The number of benzene rings is 1. The Kier molecular flexibility index (Phi) is 5.75. The summed E-state index contributed by atoms with van der Waals surface area (Å²) in [6.07, 6.45) is 5.11. The second-order valence-corrected chi connectivity index (χ2v) is 6.46. The van der Waals surface area contributed by atoms with Crippen LogP contribution in [0.5, 0.6) is 0 Å². The maximum atomic E-state index is 12.3. The van der Waals surface area contributed by atoms with Crippen molar-refractivity contribution >= 4 is 23.9 Å². The number of rotatable bonds is 6. The highest BCUT2D eigenvalue weighted by molar-refractivity contribution is 5.89. The fourth-order valence-electron chi connectivity index (χ4n) is 2.88. The molecule has 3 rings (SSSR count). The Morgan fingerprint density at radius 3 is 2.46 bits per heavy atom. The van der Waals surface area contributed by atoms with Gasteiger partial charge in [-0.3, -0.25) is 4.98 Å². The minimum atomic E-state index is -0.309. The molecule has 2 aromatic heterocycles. The fraction of sp³-hybridized carbons (Fsp3) is 0.130. The molecule has 0 aliphatic heterocycles. The maximum absolute atomic E-state index is 12.3. The number of amides is 2. The quantitative estimate of drug-likeness (QED) is 0.572. The Balaban J connectivity index is 1.63. The van der Waals surface area contributed by atoms with Gasteiger partial charge >= 0.3 is 6.03 Å². The number of hydrogen-bond donors (Lipinski definition) is 2. The van der Waals surface area contributed by atoms with Crippen LogP contribution >= 0.6 is 0 Å². The lowest BCUT2D eigenvalue weighted by atomic mass is 10.1. The molecule has 2 N–H and O–H groups in total. The van der Waals surface area contributed by atoms with Crippen LogP contribution in [0.3, 0.4) is 0 Å². The Labute approximate surface area is 164 Å². The summed E-state index contributed by atoms with van der Waals surface area (Å²) in [5.74, 6) is 1.28. The fourth-order valence-corrected chi connectivity index (χ4v) is 2.88. The Bertz CT molecular complexity index is 977. The van der Waals surface area contributed by atoms with Crippen LogP contribution in [0.15, 0.2) is 66.2 Å². The monoisotopic (exact) mass is 373 g/mol. The van der Waals surface area contributed by atoms with E-state index >= 15 is 0 Å². The first-order valence-electron chi connectivity index (χ1n) is 8.99. The number of nitrogens with one attached hydrogen (secondary N) is 2. The second kappa shape index (κ2) is 8.39.